The van der Waals surface area contributed by atoms with Crippen molar-refractivity contribution in [3.05, 3.63) is 282 Å². The van der Waals surface area contributed by atoms with E-state index in [1.54, 1.807) is 48.5 Å². The van der Waals surface area contributed by atoms with Crippen LogP contribution in [0.15, 0.2) is 198 Å². The number of rotatable bonds is 14. The van der Waals surface area contributed by atoms with Gasteiger partial charge in [0.05, 0.1) is 5.76 Å². The standard InChI is InChI=1S/C31H36O2.C22H22O2.C15H16O/c1-5-7-22(2)27(9-6-8-25-10-14-30(32)15-11-25)20-29-21-28(23(3)18-24(29)4)19-26-12-16-31(33)17-13-26;1-15-11-16(2)20(13-18-5-9-22(24)10-6-18)14-19(15)12-17-3-7-21(23)8-4-17;1-11-3-6-14(12(2)9-11)10-13-4-7-15(16)8-5-13/h5-7,9-10,12-14,16-18,21,32-33H,8,11,15,19-20H2,1-4H3;3-11,14,23-24H,12-13H2,1-2H3;3-9,16H,10H2,1-2H3/b7-5+,9-6+,27-22+;;. The fraction of sp³-hybridized carbons (Fsp3) is 0.235. The van der Waals surface area contributed by atoms with Crippen molar-refractivity contribution < 1.29 is 25.5 Å². The van der Waals surface area contributed by atoms with Gasteiger partial charge < -0.3 is 25.5 Å². The van der Waals surface area contributed by atoms with Gasteiger partial charge in [-0.25, -0.2) is 0 Å². The highest BCUT2D eigenvalue weighted by Gasteiger charge is 2.11. The number of hydrogen-bond donors (Lipinski definition) is 5. The maximum absolute atomic E-state index is 9.58. The molecular weight excluding hydrogens is 897 g/mol. The third-order valence-electron chi connectivity index (χ3n) is 13.6. The van der Waals surface area contributed by atoms with E-state index in [0.717, 1.165) is 51.4 Å². The van der Waals surface area contributed by atoms with Crippen LogP contribution in [-0.4, -0.2) is 25.5 Å². The fourth-order valence-electron chi connectivity index (χ4n) is 9.12. The second-order valence-electron chi connectivity index (χ2n) is 19.7. The zero-order valence-electron chi connectivity index (χ0n) is 44.1. The predicted octanol–water partition coefficient (Wildman–Crippen LogP) is 16.6. The van der Waals surface area contributed by atoms with Crippen LogP contribution in [0.1, 0.15) is 117 Å². The highest BCUT2D eigenvalue weighted by molar-refractivity contribution is 5.46. The van der Waals surface area contributed by atoms with Crippen molar-refractivity contribution in [2.24, 2.45) is 0 Å². The maximum Gasteiger partial charge on any atom is 0.115 e. The molecule has 5 nitrogen and oxygen atoms in total. The van der Waals surface area contributed by atoms with Gasteiger partial charge in [0.2, 0.25) is 0 Å². The minimum absolute atomic E-state index is 0.299. The Kier molecular flexibility index (Phi) is 19.9. The molecule has 7 aromatic rings. The average molecular weight is 971 g/mol. The lowest BCUT2D eigenvalue weighted by Crippen LogP contribution is -2.00. The quantitative estimate of drug-likeness (QED) is 0.0699. The van der Waals surface area contributed by atoms with Crippen LogP contribution < -0.4 is 0 Å². The number of phenolic OH excluding ortho intramolecular Hbond substituents is 4. The number of aliphatic hydroxyl groups excluding tert-OH is 1. The van der Waals surface area contributed by atoms with Gasteiger partial charge in [0, 0.05) is 6.42 Å². The van der Waals surface area contributed by atoms with E-state index in [4.69, 9.17) is 0 Å². The number of phenols is 4. The zero-order chi connectivity index (χ0) is 52.4. The molecule has 376 valence electrons. The summed E-state index contributed by atoms with van der Waals surface area (Å²) in [4.78, 5) is 0. The normalized spacial score (nSPS) is 12.6. The van der Waals surface area contributed by atoms with Gasteiger partial charge in [-0.15, -0.1) is 0 Å². The van der Waals surface area contributed by atoms with E-state index in [1.165, 1.54) is 100 Å². The average Bonchev–Trinajstić information content (AvgIpc) is 3.36. The molecule has 0 amide bonds. The minimum atomic E-state index is 0.299. The Morgan fingerprint density at radius 2 is 0.822 bits per heavy atom. The van der Waals surface area contributed by atoms with Crippen molar-refractivity contribution in [1.29, 1.82) is 0 Å². The summed E-state index contributed by atoms with van der Waals surface area (Å²) in [7, 11) is 0. The van der Waals surface area contributed by atoms with Gasteiger partial charge >= 0.3 is 0 Å². The Bertz CT molecular complexity index is 3020. The Balaban J connectivity index is 0.000000190. The van der Waals surface area contributed by atoms with Crippen molar-refractivity contribution in [3.8, 4) is 23.0 Å². The fourth-order valence-corrected chi connectivity index (χ4v) is 9.12. The number of aromatic hydroxyl groups is 4. The van der Waals surface area contributed by atoms with Gasteiger partial charge in [0.25, 0.3) is 0 Å². The largest absolute Gasteiger partial charge is 0.512 e. The molecule has 1 aliphatic rings. The lowest BCUT2D eigenvalue weighted by molar-refractivity contribution is 0.385. The molecule has 1 aliphatic carbocycles. The summed E-state index contributed by atoms with van der Waals surface area (Å²) in [5, 5.41) is 47.2. The molecule has 0 fully saturated rings. The third kappa shape index (κ3) is 17.2. The van der Waals surface area contributed by atoms with Gasteiger partial charge in [-0.1, -0.05) is 133 Å². The molecule has 5 heteroatoms. The number of allylic oxidation sites excluding steroid dienone is 10. The van der Waals surface area contributed by atoms with Gasteiger partial charge in [0.15, 0.2) is 0 Å². The molecule has 0 aromatic heterocycles. The van der Waals surface area contributed by atoms with Gasteiger partial charge in [-0.05, 0) is 244 Å². The van der Waals surface area contributed by atoms with Gasteiger partial charge in [0.1, 0.15) is 23.0 Å². The molecule has 5 N–H and O–H groups in total. The van der Waals surface area contributed by atoms with Crippen LogP contribution in [0.3, 0.4) is 0 Å². The monoisotopic (exact) mass is 971 g/mol. The van der Waals surface area contributed by atoms with Crippen LogP contribution in [0.5, 0.6) is 23.0 Å². The lowest BCUT2D eigenvalue weighted by Gasteiger charge is -2.15. The molecule has 73 heavy (non-hydrogen) atoms. The van der Waals surface area contributed by atoms with Crippen LogP contribution in [0.25, 0.3) is 0 Å². The number of hydrogen-bond acceptors (Lipinski definition) is 5. The second-order valence-corrected chi connectivity index (χ2v) is 19.7. The zero-order valence-corrected chi connectivity index (χ0v) is 44.1. The molecule has 0 unspecified atom stereocenters. The molecule has 0 saturated heterocycles. The second kappa shape index (κ2) is 26.6. The summed E-state index contributed by atoms with van der Waals surface area (Å²) in [5.41, 5.74) is 23.2. The van der Waals surface area contributed by atoms with E-state index in [-0.39, 0.29) is 0 Å². The van der Waals surface area contributed by atoms with E-state index in [0.29, 0.717) is 28.8 Å². The highest BCUT2D eigenvalue weighted by atomic mass is 16.3. The lowest BCUT2D eigenvalue weighted by atomic mass is 9.90. The Labute approximate surface area is 435 Å². The number of benzene rings is 7. The Hall–Kier alpha value is -7.76. The van der Waals surface area contributed by atoms with Crippen LogP contribution in [0, 0.1) is 41.5 Å². The third-order valence-corrected chi connectivity index (χ3v) is 13.6. The topological polar surface area (TPSA) is 101 Å². The van der Waals surface area contributed by atoms with Gasteiger partial charge in [-0.2, -0.15) is 0 Å². The summed E-state index contributed by atoms with van der Waals surface area (Å²) in [5.74, 6) is 1.70. The molecule has 0 aliphatic heterocycles. The first kappa shape index (κ1) is 54.6. The summed E-state index contributed by atoms with van der Waals surface area (Å²) >= 11 is 0. The number of aliphatic hydroxyl groups is 1. The van der Waals surface area contributed by atoms with Crippen LogP contribution >= 0.6 is 0 Å². The van der Waals surface area contributed by atoms with Crippen LogP contribution in [-0.2, 0) is 32.1 Å². The first-order chi connectivity index (χ1) is 35.0. The molecule has 0 spiro atoms. The highest BCUT2D eigenvalue weighted by Crippen LogP contribution is 2.27. The summed E-state index contributed by atoms with van der Waals surface area (Å²) in [6.07, 6.45) is 19.6. The first-order valence-corrected chi connectivity index (χ1v) is 25.4. The van der Waals surface area contributed by atoms with E-state index >= 15 is 0 Å². The molecular formula is C68H74O5. The van der Waals surface area contributed by atoms with Crippen LogP contribution in [0.4, 0.5) is 0 Å². The van der Waals surface area contributed by atoms with Gasteiger partial charge in [-0.3, -0.25) is 0 Å². The molecule has 0 bridgehead atoms. The molecule has 0 saturated carbocycles. The Morgan fingerprint density at radius 1 is 0.425 bits per heavy atom. The summed E-state index contributed by atoms with van der Waals surface area (Å²) in [6, 6.07) is 45.4. The van der Waals surface area contributed by atoms with Crippen molar-refractivity contribution in [2.75, 3.05) is 0 Å². The van der Waals surface area contributed by atoms with Crippen molar-refractivity contribution in [1.82, 2.24) is 0 Å². The predicted molar refractivity (Wildman–Crippen MR) is 304 cm³/mol. The van der Waals surface area contributed by atoms with Crippen molar-refractivity contribution >= 4 is 0 Å². The molecule has 7 aromatic carbocycles. The number of aryl methyl sites for hydroxylation is 6. The summed E-state index contributed by atoms with van der Waals surface area (Å²) < 4.78 is 0. The molecule has 0 atom stereocenters. The maximum atomic E-state index is 9.58. The smallest absolute Gasteiger partial charge is 0.115 e. The van der Waals surface area contributed by atoms with Crippen LogP contribution in [0.2, 0.25) is 0 Å². The minimum Gasteiger partial charge on any atom is -0.512 e. The Morgan fingerprint density at radius 3 is 1.22 bits per heavy atom. The van der Waals surface area contributed by atoms with E-state index in [9.17, 15) is 25.5 Å². The van der Waals surface area contributed by atoms with E-state index in [2.05, 4.69) is 122 Å². The van der Waals surface area contributed by atoms with Crippen molar-refractivity contribution in [3.63, 3.8) is 0 Å². The first-order valence-electron chi connectivity index (χ1n) is 25.4. The van der Waals surface area contributed by atoms with E-state index < -0.39 is 0 Å². The van der Waals surface area contributed by atoms with E-state index in [1.807, 2.05) is 60.7 Å². The molecule has 0 radical (unpaired) electrons. The summed E-state index contributed by atoms with van der Waals surface area (Å²) in [6.45, 7) is 17.2. The molecule has 8 rings (SSSR count). The SMILES string of the molecule is C/C=C/C(C)=C(\C=C\CC1=CC=C(O)CC1)Cc1cc(Cc2ccc(O)cc2)c(C)cc1C.Cc1cc(C)c(Cc2ccc(O)cc2)cc1Cc1ccc(O)cc1.Cc1ccc(Cc2ccc(O)cc2)c(C)c1. The van der Waals surface area contributed by atoms with Crippen molar-refractivity contribution in [2.45, 2.75) is 107 Å². The molecule has 0 heterocycles.